The molecule has 0 fully saturated rings. The minimum absolute atomic E-state index is 0.230. The lowest BCUT2D eigenvalue weighted by Crippen LogP contribution is -2.63. The first-order valence-electron chi connectivity index (χ1n) is 4.19. The zero-order valence-electron chi connectivity index (χ0n) is 8.51. The average Bonchev–Trinajstić information content (AvgIpc) is 2.12. The molecule has 1 aliphatic heterocycles. The maximum Gasteiger partial charge on any atom is 0.299 e. The highest BCUT2D eigenvalue weighted by atomic mass is 17.1. The van der Waals surface area contributed by atoms with Gasteiger partial charge in [-0.05, 0) is 9.95 Å². The summed E-state index contributed by atoms with van der Waals surface area (Å²) in [5, 5.41) is 81.0. The van der Waals surface area contributed by atoms with Crippen molar-refractivity contribution >= 4 is 0 Å². The van der Waals surface area contributed by atoms with Crippen molar-refractivity contribution in [3.63, 3.8) is 0 Å². The zero-order valence-corrected chi connectivity index (χ0v) is 8.51. The topological polar surface area (TPSA) is 194 Å². The summed E-state index contributed by atoms with van der Waals surface area (Å²) in [5.74, 6) is 0. The third kappa shape index (κ3) is 3.17. The van der Waals surface area contributed by atoms with Crippen molar-refractivity contribution in [3.8, 4) is 0 Å². The molecule has 0 bridgehead atoms. The van der Waals surface area contributed by atoms with E-state index in [1.54, 1.807) is 0 Å². The predicted molar refractivity (Wildman–Crippen MR) is 44.5 cm³/mol. The summed E-state index contributed by atoms with van der Waals surface area (Å²) < 4.78 is 0. The number of nitrogens with zero attached hydrogens (tertiary/aromatic N) is 4. The van der Waals surface area contributed by atoms with Gasteiger partial charge in [0, 0.05) is 11.2 Å². The fraction of sp³-hybridized carbons (Fsp3) is 0.200. The van der Waals surface area contributed by atoms with E-state index < -0.39 is 26.9 Å². The van der Waals surface area contributed by atoms with Crippen LogP contribution in [0.15, 0.2) is 24.0 Å². The van der Waals surface area contributed by atoms with E-state index in [1.165, 1.54) is 0 Å². The van der Waals surface area contributed by atoms with Gasteiger partial charge in [-0.25, -0.2) is 0 Å². The highest BCUT2D eigenvalue weighted by molar-refractivity contribution is 5.16. The lowest BCUT2D eigenvalue weighted by atomic mass is 10.2. The average molecular weight is 270 g/mol. The first-order chi connectivity index (χ1) is 7.83. The minimum atomic E-state index is -3.24. The Labute approximate surface area is 98.2 Å². The first kappa shape index (κ1) is 14.9. The summed E-state index contributed by atoms with van der Waals surface area (Å²) in [6.45, 7) is 0. The molecule has 0 aromatic heterocycles. The molecule has 13 heteroatoms. The maximum absolute atomic E-state index is 10.9. The second-order valence-electron chi connectivity index (χ2n) is 3.35. The fourth-order valence-corrected chi connectivity index (χ4v) is 1.21. The van der Waals surface area contributed by atoms with E-state index in [2.05, 4.69) is 0 Å². The molecule has 0 aromatic carbocycles. The van der Waals surface area contributed by atoms with Gasteiger partial charge in [0.1, 0.15) is 0 Å². The molecular weight excluding hydrogens is 260 g/mol. The van der Waals surface area contributed by atoms with Gasteiger partial charge >= 0.3 is 0 Å². The highest BCUT2D eigenvalue weighted by Crippen LogP contribution is 2.25. The van der Waals surface area contributed by atoms with Crippen molar-refractivity contribution in [2.24, 2.45) is 0 Å². The molecule has 0 aromatic rings. The molecule has 1 unspecified atom stereocenters. The van der Waals surface area contributed by atoms with Gasteiger partial charge in [-0.15, -0.1) is 0 Å². The van der Waals surface area contributed by atoms with E-state index in [0.29, 0.717) is 12.3 Å². The van der Waals surface area contributed by atoms with Crippen molar-refractivity contribution in [1.82, 2.24) is 5.01 Å². The van der Waals surface area contributed by atoms with E-state index in [1.807, 2.05) is 0 Å². The molecule has 1 heterocycles. The lowest BCUT2D eigenvalue weighted by molar-refractivity contribution is -1.32. The normalized spacial score (nSPS) is 22.2. The molecule has 1 rings (SSSR count). The Kier molecular flexibility index (Phi) is 3.44. The van der Waals surface area contributed by atoms with Crippen LogP contribution < -0.4 is 0 Å². The van der Waals surface area contributed by atoms with E-state index in [-0.39, 0.29) is 11.1 Å². The first-order valence-corrected chi connectivity index (χ1v) is 4.19. The Balaban J connectivity index is 3.18. The Morgan fingerprint density at radius 1 is 1.00 bits per heavy atom. The third-order valence-corrected chi connectivity index (χ3v) is 1.97. The molecule has 18 heavy (non-hydrogen) atoms. The standard InChI is InChI=1S/C5H10N4O9/c10-7(11,12)4-1-2-6(9(16,17)18)5(3-4)8(13,14)15/h1-3,5,10-11,13-14,16-17H. The molecule has 0 radical (unpaired) electrons. The highest BCUT2D eigenvalue weighted by Gasteiger charge is 2.44. The largest absolute Gasteiger partial charge is 0.562 e. The summed E-state index contributed by atoms with van der Waals surface area (Å²) >= 11 is 0. The number of allylic oxidation sites excluding steroid dienone is 1. The molecule has 0 aliphatic carbocycles. The SMILES string of the molecule is [O-][N+](O)(O)C1=CC([N+]([O-])(O)O)N([N+]([O-])(O)O)C=C1. The molecule has 1 aliphatic rings. The van der Waals surface area contributed by atoms with Crippen molar-refractivity contribution in [2.45, 2.75) is 6.17 Å². The zero-order chi connectivity index (χ0) is 14.4. The van der Waals surface area contributed by atoms with Crippen LogP contribution in [0.3, 0.4) is 0 Å². The summed E-state index contributed by atoms with van der Waals surface area (Å²) in [5.41, 5.74) is -0.967. The molecule has 0 spiro atoms. The summed E-state index contributed by atoms with van der Waals surface area (Å²) in [4.78, 5) is -6.26. The molecule has 6 N–H and O–H groups in total. The van der Waals surface area contributed by atoms with Crippen molar-refractivity contribution in [3.05, 3.63) is 39.7 Å². The van der Waals surface area contributed by atoms with Gasteiger partial charge in [-0.1, -0.05) is 5.01 Å². The van der Waals surface area contributed by atoms with Crippen LogP contribution in [0.5, 0.6) is 0 Å². The summed E-state index contributed by atoms with van der Waals surface area (Å²) in [6.07, 6.45) is -1.27. The number of hydrogen-bond acceptors (Lipinski definition) is 10. The van der Waals surface area contributed by atoms with Gasteiger partial charge in [-0.3, -0.25) is 0 Å². The molecule has 0 saturated carbocycles. The summed E-state index contributed by atoms with van der Waals surface area (Å²) in [6, 6.07) is 0. The number of quaternary nitrogens is 3. The quantitative estimate of drug-likeness (QED) is 0.279. The summed E-state index contributed by atoms with van der Waals surface area (Å²) in [7, 11) is 0. The van der Waals surface area contributed by atoms with E-state index >= 15 is 0 Å². The Hall–Kier alpha value is -1.20. The minimum Gasteiger partial charge on any atom is -0.562 e. The molecule has 104 valence electrons. The maximum atomic E-state index is 10.9. The van der Waals surface area contributed by atoms with Crippen molar-refractivity contribution < 1.29 is 46.3 Å². The monoisotopic (exact) mass is 270 g/mol. The molecule has 0 saturated heterocycles. The van der Waals surface area contributed by atoms with Crippen LogP contribution in [0.4, 0.5) is 0 Å². The smallest absolute Gasteiger partial charge is 0.299 e. The van der Waals surface area contributed by atoms with Crippen molar-refractivity contribution in [2.75, 3.05) is 0 Å². The lowest BCUT2D eigenvalue weighted by Gasteiger charge is -2.42. The van der Waals surface area contributed by atoms with Crippen LogP contribution in [-0.2, 0) is 0 Å². The van der Waals surface area contributed by atoms with E-state index in [9.17, 15) is 15.6 Å². The Morgan fingerprint density at radius 2 is 1.50 bits per heavy atom. The fourth-order valence-electron chi connectivity index (χ4n) is 1.21. The molecule has 1 atom stereocenters. The van der Waals surface area contributed by atoms with Gasteiger partial charge in [0.15, 0.2) is 0 Å². The van der Waals surface area contributed by atoms with Gasteiger partial charge in [-0.2, -0.15) is 31.2 Å². The van der Waals surface area contributed by atoms with Gasteiger partial charge < -0.3 is 15.6 Å². The van der Waals surface area contributed by atoms with Crippen molar-refractivity contribution in [1.29, 1.82) is 0 Å². The van der Waals surface area contributed by atoms with Crippen LogP contribution in [0, 0.1) is 15.6 Å². The second kappa shape index (κ2) is 4.17. The molecule has 0 amide bonds. The number of rotatable bonds is 3. The molecular formula is C5H10N4O9. The van der Waals surface area contributed by atoms with Gasteiger partial charge in [0.05, 0.1) is 12.3 Å². The Morgan fingerprint density at radius 3 is 1.83 bits per heavy atom. The van der Waals surface area contributed by atoms with Crippen LogP contribution in [0.2, 0.25) is 0 Å². The number of hydrogen-bond donors (Lipinski definition) is 6. The second-order valence-corrected chi connectivity index (χ2v) is 3.35. The molecule has 13 nitrogen and oxygen atoms in total. The van der Waals surface area contributed by atoms with E-state index in [0.717, 1.165) is 0 Å². The van der Waals surface area contributed by atoms with Gasteiger partial charge in [0.25, 0.3) is 6.17 Å². The van der Waals surface area contributed by atoms with E-state index in [4.69, 9.17) is 31.2 Å². The predicted octanol–water partition coefficient (Wildman–Crippen LogP) is -0.780. The number of hydroxylamine groups is 6. The Bertz CT molecular complexity index is 374. The van der Waals surface area contributed by atoms with Crippen LogP contribution in [0.25, 0.3) is 0 Å². The van der Waals surface area contributed by atoms with Gasteiger partial charge in [0.2, 0.25) is 5.70 Å². The third-order valence-electron chi connectivity index (χ3n) is 1.97. The van der Waals surface area contributed by atoms with Crippen LogP contribution in [0.1, 0.15) is 0 Å². The van der Waals surface area contributed by atoms with Crippen LogP contribution >= 0.6 is 0 Å². The van der Waals surface area contributed by atoms with Crippen LogP contribution in [-0.4, -0.2) is 57.4 Å².